The summed E-state index contributed by atoms with van der Waals surface area (Å²) in [4.78, 5) is 0. The number of methoxy groups -OCH3 is 1. The Morgan fingerprint density at radius 3 is 3.00 bits per heavy atom. The molecule has 0 unspecified atom stereocenters. The smallest absolute Gasteiger partial charge is 0.163 e. The lowest BCUT2D eigenvalue weighted by molar-refractivity contribution is 0.0757. The summed E-state index contributed by atoms with van der Waals surface area (Å²) in [5, 5.41) is 13.4. The van der Waals surface area contributed by atoms with Crippen LogP contribution in [0.25, 0.3) is 0 Å². The number of nitrogens with one attached hydrogen (secondary N) is 1. The van der Waals surface area contributed by atoms with E-state index in [4.69, 9.17) is 9.47 Å². The molecule has 4 nitrogen and oxygen atoms in total. The Kier molecular flexibility index (Phi) is 3.68. The van der Waals surface area contributed by atoms with Crippen molar-refractivity contribution in [1.29, 1.82) is 0 Å². The van der Waals surface area contributed by atoms with Crippen molar-refractivity contribution in [2.75, 3.05) is 26.9 Å². The van der Waals surface area contributed by atoms with Gasteiger partial charge in [0.25, 0.3) is 0 Å². The molecule has 0 spiro atoms. The molecule has 2 rings (SSSR count). The first-order valence-electron chi connectivity index (χ1n) is 5.10. The normalized spacial score (nSPS) is 20.8. The molecule has 1 aliphatic heterocycles. The summed E-state index contributed by atoms with van der Waals surface area (Å²) < 4.78 is 11.3. The average Bonchev–Trinajstić information content (AvgIpc) is 2.31. The second-order valence-corrected chi connectivity index (χ2v) is 4.45. The van der Waals surface area contributed by atoms with Crippen LogP contribution in [0.3, 0.4) is 0 Å². The first kappa shape index (κ1) is 11.7. The molecule has 5 heteroatoms. The molecule has 0 aliphatic carbocycles. The van der Waals surface area contributed by atoms with Gasteiger partial charge in [0.2, 0.25) is 0 Å². The van der Waals surface area contributed by atoms with E-state index in [0.717, 1.165) is 16.6 Å². The molecule has 1 saturated heterocycles. The predicted molar refractivity (Wildman–Crippen MR) is 63.9 cm³/mol. The van der Waals surface area contributed by atoms with Gasteiger partial charge in [0, 0.05) is 16.6 Å². The van der Waals surface area contributed by atoms with Crippen molar-refractivity contribution in [2.45, 2.75) is 6.04 Å². The molecule has 1 aromatic carbocycles. The summed E-state index contributed by atoms with van der Waals surface area (Å²) >= 11 is 3.43. The number of ether oxygens (including phenoxy) is 2. The van der Waals surface area contributed by atoms with Crippen LogP contribution in [0.5, 0.6) is 11.5 Å². The van der Waals surface area contributed by atoms with Crippen LogP contribution in [0.1, 0.15) is 11.6 Å². The number of phenols is 1. The minimum Gasteiger partial charge on any atom is -0.504 e. The number of aromatic hydroxyl groups is 1. The Morgan fingerprint density at radius 2 is 2.38 bits per heavy atom. The third kappa shape index (κ3) is 2.16. The molecule has 1 heterocycles. The number of rotatable bonds is 2. The van der Waals surface area contributed by atoms with Crippen LogP contribution in [0.15, 0.2) is 16.6 Å². The fraction of sp³-hybridized carbons (Fsp3) is 0.455. The van der Waals surface area contributed by atoms with Gasteiger partial charge in [-0.15, -0.1) is 0 Å². The summed E-state index contributed by atoms with van der Waals surface area (Å²) in [7, 11) is 1.54. The Bertz CT molecular complexity index is 378. The number of benzene rings is 1. The van der Waals surface area contributed by atoms with Crippen molar-refractivity contribution in [3.63, 3.8) is 0 Å². The van der Waals surface area contributed by atoms with Gasteiger partial charge in [-0.3, -0.25) is 0 Å². The molecular weight excluding hydrogens is 274 g/mol. The molecule has 88 valence electrons. The van der Waals surface area contributed by atoms with E-state index in [1.807, 2.05) is 6.07 Å². The van der Waals surface area contributed by atoms with Crippen LogP contribution in [0.2, 0.25) is 0 Å². The van der Waals surface area contributed by atoms with Crippen molar-refractivity contribution in [2.24, 2.45) is 0 Å². The summed E-state index contributed by atoms with van der Waals surface area (Å²) in [5.74, 6) is 0.644. The highest BCUT2D eigenvalue weighted by molar-refractivity contribution is 9.10. The van der Waals surface area contributed by atoms with Gasteiger partial charge in [-0.05, 0) is 12.1 Å². The fourth-order valence-corrected chi connectivity index (χ4v) is 2.41. The van der Waals surface area contributed by atoms with E-state index >= 15 is 0 Å². The minimum absolute atomic E-state index is 0.00164. The highest BCUT2D eigenvalue weighted by atomic mass is 79.9. The quantitative estimate of drug-likeness (QED) is 0.871. The standard InChI is InChI=1S/C11H14BrNO3/c1-15-9-3-2-7(12)10(11(9)14)8-6-16-5-4-13-8/h2-3,8,13-14H,4-6H2,1H3/t8-/m1/s1. The Morgan fingerprint density at radius 1 is 1.56 bits per heavy atom. The van der Waals surface area contributed by atoms with Crippen molar-refractivity contribution in [1.82, 2.24) is 5.32 Å². The lowest BCUT2D eigenvalue weighted by atomic mass is 10.1. The van der Waals surface area contributed by atoms with E-state index in [1.54, 1.807) is 6.07 Å². The average molecular weight is 288 g/mol. The Balaban J connectivity index is 2.37. The number of halogens is 1. The van der Waals surface area contributed by atoms with E-state index in [1.165, 1.54) is 7.11 Å². The maximum absolute atomic E-state index is 10.1. The number of hydrogen-bond donors (Lipinski definition) is 2. The van der Waals surface area contributed by atoms with Gasteiger partial charge in [-0.2, -0.15) is 0 Å². The van der Waals surface area contributed by atoms with Gasteiger partial charge in [0.1, 0.15) is 0 Å². The molecule has 0 radical (unpaired) electrons. The van der Waals surface area contributed by atoms with Gasteiger partial charge >= 0.3 is 0 Å². The molecule has 16 heavy (non-hydrogen) atoms. The number of morpholine rings is 1. The Hall–Kier alpha value is -0.780. The third-order valence-electron chi connectivity index (χ3n) is 2.62. The van der Waals surface area contributed by atoms with Gasteiger partial charge in [-0.1, -0.05) is 15.9 Å². The van der Waals surface area contributed by atoms with Crippen molar-refractivity contribution in [3.8, 4) is 11.5 Å². The van der Waals surface area contributed by atoms with Crippen molar-refractivity contribution in [3.05, 3.63) is 22.2 Å². The van der Waals surface area contributed by atoms with Gasteiger partial charge < -0.3 is 19.9 Å². The maximum atomic E-state index is 10.1. The molecule has 0 saturated carbocycles. The summed E-state index contributed by atoms with van der Waals surface area (Å²) in [5.41, 5.74) is 0.791. The minimum atomic E-state index is -0.00164. The SMILES string of the molecule is COc1ccc(Br)c([C@H]2COCCN2)c1O. The third-order valence-corrected chi connectivity index (χ3v) is 3.31. The lowest BCUT2D eigenvalue weighted by Crippen LogP contribution is -2.34. The van der Waals surface area contributed by atoms with E-state index in [9.17, 15) is 5.11 Å². The number of phenolic OH excluding ortho intramolecular Hbond substituents is 1. The molecule has 0 amide bonds. The van der Waals surface area contributed by atoms with Gasteiger partial charge in [0.05, 0.1) is 26.4 Å². The second kappa shape index (κ2) is 5.03. The summed E-state index contributed by atoms with van der Waals surface area (Å²) in [6, 6.07) is 3.59. The van der Waals surface area contributed by atoms with Crippen molar-refractivity contribution < 1.29 is 14.6 Å². The summed E-state index contributed by atoms with van der Waals surface area (Å²) in [6.45, 7) is 2.05. The molecule has 0 bridgehead atoms. The highest BCUT2D eigenvalue weighted by Crippen LogP contribution is 2.39. The van der Waals surface area contributed by atoms with Crippen LogP contribution in [0.4, 0.5) is 0 Å². The second-order valence-electron chi connectivity index (χ2n) is 3.59. The zero-order chi connectivity index (χ0) is 11.5. The highest BCUT2D eigenvalue weighted by Gasteiger charge is 2.23. The molecule has 1 fully saturated rings. The van der Waals surface area contributed by atoms with E-state index < -0.39 is 0 Å². The zero-order valence-corrected chi connectivity index (χ0v) is 10.6. The summed E-state index contributed by atoms with van der Waals surface area (Å²) in [6.07, 6.45) is 0. The monoisotopic (exact) mass is 287 g/mol. The lowest BCUT2D eigenvalue weighted by Gasteiger charge is -2.26. The first-order chi connectivity index (χ1) is 7.74. The van der Waals surface area contributed by atoms with Crippen LogP contribution in [-0.2, 0) is 4.74 Å². The molecule has 0 aromatic heterocycles. The topological polar surface area (TPSA) is 50.7 Å². The maximum Gasteiger partial charge on any atom is 0.163 e. The van der Waals surface area contributed by atoms with Crippen molar-refractivity contribution >= 4 is 15.9 Å². The molecular formula is C11H14BrNO3. The molecule has 2 N–H and O–H groups in total. The van der Waals surface area contributed by atoms with Crippen LogP contribution >= 0.6 is 15.9 Å². The van der Waals surface area contributed by atoms with Crippen LogP contribution < -0.4 is 10.1 Å². The zero-order valence-electron chi connectivity index (χ0n) is 9.00. The van der Waals surface area contributed by atoms with E-state index in [-0.39, 0.29) is 11.8 Å². The van der Waals surface area contributed by atoms with Gasteiger partial charge in [-0.25, -0.2) is 0 Å². The van der Waals surface area contributed by atoms with Crippen LogP contribution in [-0.4, -0.2) is 32.0 Å². The number of hydrogen-bond acceptors (Lipinski definition) is 4. The molecule has 1 aromatic rings. The fourth-order valence-electron chi connectivity index (χ4n) is 1.81. The Labute approximate surface area is 103 Å². The van der Waals surface area contributed by atoms with Gasteiger partial charge in [0.15, 0.2) is 11.5 Å². The van der Waals surface area contributed by atoms with E-state index in [0.29, 0.717) is 19.0 Å². The predicted octanol–water partition coefficient (Wildman–Crippen LogP) is 1.82. The molecule has 1 aliphatic rings. The van der Waals surface area contributed by atoms with Crippen LogP contribution in [0, 0.1) is 0 Å². The largest absolute Gasteiger partial charge is 0.504 e. The van der Waals surface area contributed by atoms with E-state index in [2.05, 4.69) is 21.2 Å². The molecule has 1 atom stereocenters. The first-order valence-corrected chi connectivity index (χ1v) is 5.90.